The van der Waals surface area contributed by atoms with Crippen molar-refractivity contribution in [2.24, 2.45) is 5.14 Å². The first-order valence-corrected chi connectivity index (χ1v) is 6.80. The van der Waals surface area contributed by atoms with Crippen LogP contribution in [0.25, 0.3) is 0 Å². The summed E-state index contributed by atoms with van der Waals surface area (Å²) in [7, 11) is -3.61. The zero-order valence-electron chi connectivity index (χ0n) is 7.93. The van der Waals surface area contributed by atoms with Crippen LogP contribution in [0.3, 0.4) is 0 Å². The van der Waals surface area contributed by atoms with E-state index in [0.29, 0.717) is 0 Å². The first kappa shape index (κ1) is 12.6. The molecular weight excluding hydrogens is 282 g/mol. The Kier molecular flexibility index (Phi) is 4.27. The number of sulfonamides is 1. The van der Waals surface area contributed by atoms with Crippen molar-refractivity contribution < 1.29 is 13.5 Å². The predicted octanol–water partition coefficient (Wildman–Crippen LogP) is 0.641. The average Bonchev–Trinajstić information content (AvgIpc) is 2.05. The van der Waals surface area contributed by atoms with E-state index in [1.54, 1.807) is 0 Å². The summed E-state index contributed by atoms with van der Waals surface area (Å²) in [6.45, 7) is 0. The van der Waals surface area contributed by atoms with Gasteiger partial charge in [0, 0.05) is 4.47 Å². The number of primary sulfonamides is 1. The molecule has 0 aliphatic carbocycles. The number of nitrogens with two attached hydrogens (primary N) is 1. The minimum atomic E-state index is -3.61. The van der Waals surface area contributed by atoms with Gasteiger partial charge in [0.15, 0.2) is 0 Å². The Morgan fingerprint density at radius 2 is 1.87 bits per heavy atom. The fraction of sp³-hybridized carbons (Fsp3) is 0.333. The van der Waals surface area contributed by atoms with Crippen molar-refractivity contribution in [2.45, 2.75) is 12.5 Å². The maximum atomic E-state index is 10.7. The van der Waals surface area contributed by atoms with Crippen LogP contribution in [0, 0.1) is 0 Å². The van der Waals surface area contributed by atoms with Crippen molar-refractivity contribution in [3.05, 3.63) is 34.3 Å². The second kappa shape index (κ2) is 5.07. The topological polar surface area (TPSA) is 80.4 Å². The second-order valence-electron chi connectivity index (χ2n) is 3.31. The van der Waals surface area contributed by atoms with Gasteiger partial charge in [-0.15, -0.1) is 0 Å². The lowest BCUT2D eigenvalue weighted by atomic mass is 10.1. The van der Waals surface area contributed by atoms with E-state index < -0.39 is 21.9 Å². The molecule has 0 aliphatic rings. The molecule has 1 rings (SSSR count). The summed E-state index contributed by atoms with van der Waals surface area (Å²) < 4.78 is 22.3. The van der Waals surface area contributed by atoms with Gasteiger partial charge in [-0.05, 0) is 24.1 Å². The van der Waals surface area contributed by atoms with Crippen LogP contribution in [0.5, 0.6) is 0 Å². The van der Waals surface area contributed by atoms with E-state index in [2.05, 4.69) is 15.9 Å². The second-order valence-corrected chi connectivity index (χ2v) is 5.89. The molecule has 0 saturated carbocycles. The predicted molar refractivity (Wildman–Crippen MR) is 61.8 cm³/mol. The van der Waals surface area contributed by atoms with Gasteiger partial charge in [-0.1, -0.05) is 28.1 Å². The van der Waals surface area contributed by atoms with Crippen molar-refractivity contribution in [2.75, 3.05) is 5.75 Å². The van der Waals surface area contributed by atoms with Crippen molar-refractivity contribution in [3.63, 3.8) is 0 Å². The molecule has 1 aromatic carbocycles. The highest BCUT2D eigenvalue weighted by molar-refractivity contribution is 9.10. The van der Waals surface area contributed by atoms with Gasteiger partial charge in [-0.2, -0.15) is 0 Å². The molecule has 15 heavy (non-hydrogen) atoms. The number of hydrogen-bond donors (Lipinski definition) is 2. The maximum Gasteiger partial charge on any atom is 0.211 e. The summed E-state index contributed by atoms with van der Waals surface area (Å²) in [5, 5.41) is 14.3. The number of halogens is 1. The van der Waals surface area contributed by atoms with Crippen LogP contribution in [0.1, 0.15) is 5.56 Å². The van der Waals surface area contributed by atoms with E-state index in [4.69, 9.17) is 5.14 Å². The molecule has 6 heteroatoms. The Morgan fingerprint density at radius 1 is 1.33 bits per heavy atom. The molecule has 0 heterocycles. The van der Waals surface area contributed by atoms with Gasteiger partial charge >= 0.3 is 0 Å². The van der Waals surface area contributed by atoms with Gasteiger partial charge in [0.2, 0.25) is 10.0 Å². The van der Waals surface area contributed by atoms with E-state index >= 15 is 0 Å². The third-order valence-corrected chi connectivity index (χ3v) is 3.19. The normalized spacial score (nSPS) is 13.8. The summed E-state index contributed by atoms with van der Waals surface area (Å²) in [5.41, 5.74) is 0.870. The van der Waals surface area contributed by atoms with E-state index in [9.17, 15) is 13.5 Å². The number of rotatable bonds is 4. The fourth-order valence-electron chi connectivity index (χ4n) is 1.22. The van der Waals surface area contributed by atoms with E-state index in [0.717, 1.165) is 10.0 Å². The Bertz CT molecular complexity index is 415. The lowest BCUT2D eigenvalue weighted by Gasteiger charge is -2.08. The molecule has 3 N–H and O–H groups in total. The molecule has 0 spiro atoms. The van der Waals surface area contributed by atoms with Crippen molar-refractivity contribution >= 4 is 26.0 Å². The van der Waals surface area contributed by atoms with Crippen molar-refractivity contribution in [1.82, 2.24) is 0 Å². The smallest absolute Gasteiger partial charge is 0.211 e. The molecule has 1 atom stereocenters. The largest absolute Gasteiger partial charge is 0.392 e. The van der Waals surface area contributed by atoms with Crippen LogP contribution < -0.4 is 5.14 Å². The standard InChI is InChI=1S/C9H12BrNO3S/c10-8-3-1-7(2-4-8)5-9(12)6-15(11,13)14/h1-4,9,12H,5-6H2,(H2,11,13,14). The Balaban J connectivity index is 2.59. The summed E-state index contributed by atoms with van der Waals surface area (Å²) in [4.78, 5) is 0. The van der Waals surface area contributed by atoms with Gasteiger partial charge in [0.1, 0.15) is 0 Å². The number of hydrogen-bond acceptors (Lipinski definition) is 3. The quantitative estimate of drug-likeness (QED) is 0.855. The summed E-state index contributed by atoms with van der Waals surface area (Å²) >= 11 is 3.28. The molecule has 84 valence electrons. The number of aliphatic hydroxyl groups excluding tert-OH is 1. The number of benzene rings is 1. The molecule has 1 aromatic rings. The number of aliphatic hydroxyl groups is 1. The van der Waals surface area contributed by atoms with Crippen LogP contribution in [0.2, 0.25) is 0 Å². The van der Waals surface area contributed by atoms with Crippen LogP contribution in [0.15, 0.2) is 28.7 Å². The van der Waals surface area contributed by atoms with Gasteiger partial charge in [0.05, 0.1) is 11.9 Å². The molecule has 0 amide bonds. The van der Waals surface area contributed by atoms with E-state index in [-0.39, 0.29) is 6.42 Å². The average molecular weight is 294 g/mol. The molecule has 0 fully saturated rings. The van der Waals surface area contributed by atoms with Crippen molar-refractivity contribution in [3.8, 4) is 0 Å². The van der Waals surface area contributed by atoms with Crippen LogP contribution in [-0.2, 0) is 16.4 Å². The summed E-state index contributed by atoms with van der Waals surface area (Å²) in [5.74, 6) is -0.414. The summed E-state index contributed by atoms with van der Waals surface area (Å²) in [6.07, 6.45) is -0.676. The summed E-state index contributed by atoms with van der Waals surface area (Å²) in [6, 6.07) is 7.30. The lowest BCUT2D eigenvalue weighted by molar-refractivity contribution is 0.198. The van der Waals surface area contributed by atoms with Gasteiger partial charge in [0.25, 0.3) is 0 Å². The van der Waals surface area contributed by atoms with Gasteiger partial charge in [-0.25, -0.2) is 13.6 Å². The molecule has 1 unspecified atom stereocenters. The lowest BCUT2D eigenvalue weighted by Crippen LogP contribution is -2.27. The van der Waals surface area contributed by atoms with E-state index in [1.165, 1.54) is 0 Å². The van der Waals surface area contributed by atoms with Gasteiger partial charge < -0.3 is 5.11 Å². The zero-order chi connectivity index (χ0) is 11.5. The molecule has 0 bridgehead atoms. The molecular formula is C9H12BrNO3S. The highest BCUT2D eigenvalue weighted by Gasteiger charge is 2.13. The fourth-order valence-corrected chi connectivity index (χ4v) is 2.14. The van der Waals surface area contributed by atoms with Crippen LogP contribution in [-0.4, -0.2) is 25.4 Å². The van der Waals surface area contributed by atoms with Crippen LogP contribution >= 0.6 is 15.9 Å². The minimum absolute atomic E-state index is 0.281. The Morgan fingerprint density at radius 3 is 2.33 bits per heavy atom. The maximum absolute atomic E-state index is 10.7. The molecule has 0 radical (unpaired) electrons. The minimum Gasteiger partial charge on any atom is -0.392 e. The first-order chi connectivity index (χ1) is 6.87. The van der Waals surface area contributed by atoms with E-state index in [1.807, 2.05) is 24.3 Å². The van der Waals surface area contributed by atoms with Crippen molar-refractivity contribution in [1.29, 1.82) is 0 Å². The highest BCUT2D eigenvalue weighted by atomic mass is 79.9. The monoisotopic (exact) mass is 293 g/mol. The molecule has 0 aromatic heterocycles. The SMILES string of the molecule is NS(=O)(=O)CC(O)Cc1ccc(Br)cc1. The zero-order valence-corrected chi connectivity index (χ0v) is 10.3. The Labute approximate surface area is 97.3 Å². The molecule has 0 aliphatic heterocycles. The third-order valence-electron chi connectivity index (χ3n) is 1.81. The third kappa shape index (κ3) is 5.27. The first-order valence-electron chi connectivity index (χ1n) is 4.30. The van der Waals surface area contributed by atoms with Gasteiger partial charge in [-0.3, -0.25) is 0 Å². The molecule has 4 nitrogen and oxygen atoms in total. The Hall–Kier alpha value is -0.430. The molecule has 0 saturated heterocycles. The highest BCUT2D eigenvalue weighted by Crippen LogP contribution is 2.12. The van der Waals surface area contributed by atoms with Crippen LogP contribution in [0.4, 0.5) is 0 Å².